The largest absolute Gasteiger partial charge is 0.214 e. The van der Waals surface area contributed by atoms with E-state index >= 15 is 0 Å². The molecule has 3 aromatic carbocycles. The predicted octanol–water partition coefficient (Wildman–Crippen LogP) is 4.87. The van der Waals surface area contributed by atoms with Crippen LogP contribution in [0.25, 0.3) is 16.5 Å². The minimum atomic E-state index is 0.784. The summed E-state index contributed by atoms with van der Waals surface area (Å²) in [6, 6.07) is 22.7. The van der Waals surface area contributed by atoms with Gasteiger partial charge >= 0.3 is 0 Å². The van der Waals surface area contributed by atoms with Crippen LogP contribution in [0.1, 0.15) is 5.56 Å². The zero-order valence-electron chi connectivity index (χ0n) is 12.6. The van der Waals surface area contributed by atoms with Crippen molar-refractivity contribution in [2.75, 3.05) is 0 Å². The third kappa shape index (κ3) is 3.07. The second-order valence-electron chi connectivity index (χ2n) is 5.29. The number of hydrogen-bond acceptors (Lipinski definition) is 4. The highest BCUT2D eigenvalue weighted by Gasteiger charge is 2.11. The molecule has 4 rings (SSSR count). The molecule has 0 N–H and O–H groups in total. The van der Waals surface area contributed by atoms with Gasteiger partial charge in [-0.15, -0.1) is 5.10 Å². The van der Waals surface area contributed by atoms with Gasteiger partial charge in [-0.1, -0.05) is 76.2 Å². The summed E-state index contributed by atoms with van der Waals surface area (Å²) in [5.74, 6) is 0.810. The lowest BCUT2D eigenvalue weighted by molar-refractivity contribution is 0.761. The summed E-state index contributed by atoms with van der Waals surface area (Å²) in [5, 5.41) is 15.3. The molecule has 1 heterocycles. The molecular formula is C18H13BrN4S. The lowest BCUT2D eigenvalue weighted by Crippen LogP contribution is -2.00. The summed E-state index contributed by atoms with van der Waals surface area (Å²) >= 11 is 5.13. The quantitative estimate of drug-likeness (QED) is 0.461. The molecule has 0 spiro atoms. The Labute approximate surface area is 152 Å². The third-order valence-corrected chi connectivity index (χ3v) is 5.18. The van der Waals surface area contributed by atoms with Crippen molar-refractivity contribution in [2.24, 2.45) is 0 Å². The van der Waals surface area contributed by atoms with Crippen LogP contribution in [0.2, 0.25) is 0 Å². The molecule has 24 heavy (non-hydrogen) atoms. The Balaban J connectivity index is 1.67. The smallest absolute Gasteiger partial charge is 0.187 e. The van der Waals surface area contributed by atoms with Gasteiger partial charge in [0.2, 0.25) is 5.16 Å². The number of tetrazole rings is 1. The molecule has 4 nitrogen and oxygen atoms in total. The van der Waals surface area contributed by atoms with Crippen molar-refractivity contribution >= 4 is 38.5 Å². The molecule has 0 atom stereocenters. The molecule has 1 aromatic heterocycles. The fourth-order valence-corrected chi connectivity index (χ4v) is 3.86. The Morgan fingerprint density at radius 3 is 2.71 bits per heavy atom. The number of hydrogen-bond donors (Lipinski definition) is 0. The van der Waals surface area contributed by atoms with Crippen molar-refractivity contribution in [3.8, 4) is 5.69 Å². The fourth-order valence-electron chi connectivity index (χ4n) is 2.59. The molecule has 0 aliphatic carbocycles. The van der Waals surface area contributed by atoms with E-state index in [9.17, 15) is 0 Å². The Hall–Kier alpha value is -2.18. The van der Waals surface area contributed by atoms with Gasteiger partial charge in [-0.2, -0.15) is 4.68 Å². The van der Waals surface area contributed by atoms with Crippen LogP contribution in [-0.2, 0) is 5.75 Å². The van der Waals surface area contributed by atoms with E-state index < -0.39 is 0 Å². The van der Waals surface area contributed by atoms with E-state index in [-0.39, 0.29) is 0 Å². The molecule has 6 heteroatoms. The van der Waals surface area contributed by atoms with Crippen LogP contribution in [0.5, 0.6) is 0 Å². The second-order valence-corrected chi connectivity index (χ2v) is 7.15. The summed E-state index contributed by atoms with van der Waals surface area (Å²) in [7, 11) is 0. The first-order valence-electron chi connectivity index (χ1n) is 7.45. The van der Waals surface area contributed by atoms with Gasteiger partial charge in [0.1, 0.15) is 0 Å². The Morgan fingerprint density at radius 2 is 1.79 bits per heavy atom. The summed E-state index contributed by atoms with van der Waals surface area (Å²) in [6.07, 6.45) is 0. The van der Waals surface area contributed by atoms with Crippen LogP contribution in [0.4, 0.5) is 0 Å². The Kier molecular flexibility index (Phi) is 4.32. The number of rotatable bonds is 4. The Morgan fingerprint density at radius 1 is 0.958 bits per heavy atom. The fraction of sp³-hybridized carbons (Fsp3) is 0.0556. The van der Waals surface area contributed by atoms with Gasteiger partial charge in [-0.05, 0) is 39.6 Å². The molecule has 0 aliphatic heterocycles. The molecule has 0 amide bonds. The van der Waals surface area contributed by atoms with Gasteiger partial charge in [0, 0.05) is 15.6 Å². The van der Waals surface area contributed by atoms with Gasteiger partial charge in [-0.25, -0.2) is 0 Å². The summed E-state index contributed by atoms with van der Waals surface area (Å²) in [4.78, 5) is 0. The zero-order valence-corrected chi connectivity index (χ0v) is 15.0. The Bertz CT molecular complexity index is 994. The molecule has 0 unspecified atom stereocenters. The van der Waals surface area contributed by atoms with Gasteiger partial charge in [-0.3, -0.25) is 0 Å². The highest BCUT2D eigenvalue weighted by Crippen LogP contribution is 2.27. The van der Waals surface area contributed by atoms with Crippen molar-refractivity contribution in [3.63, 3.8) is 0 Å². The van der Waals surface area contributed by atoms with Gasteiger partial charge in [0.05, 0.1) is 5.69 Å². The highest BCUT2D eigenvalue weighted by atomic mass is 79.9. The van der Waals surface area contributed by atoms with E-state index in [1.165, 1.54) is 10.9 Å². The number of fused-ring (bicyclic) bond motifs is 1. The van der Waals surface area contributed by atoms with Crippen molar-refractivity contribution in [3.05, 3.63) is 76.8 Å². The van der Waals surface area contributed by atoms with E-state index in [0.29, 0.717) is 0 Å². The maximum Gasteiger partial charge on any atom is 0.214 e. The van der Waals surface area contributed by atoms with Crippen LogP contribution in [0.15, 0.2) is 76.4 Å². The molecule has 0 fully saturated rings. The average molecular weight is 397 g/mol. The van der Waals surface area contributed by atoms with Gasteiger partial charge < -0.3 is 0 Å². The van der Waals surface area contributed by atoms with Crippen LogP contribution < -0.4 is 0 Å². The standard InChI is InChI=1S/C18H13BrN4S/c19-15-8-3-5-13(11-15)12-24-18-20-21-22-23(18)17-10-4-7-14-6-1-2-9-16(14)17/h1-11H,12H2. The molecule has 0 saturated heterocycles. The number of aromatic nitrogens is 4. The van der Waals surface area contributed by atoms with Crippen LogP contribution in [-0.4, -0.2) is 20.2 Å². The normalized spacial score (nSPS) is 11.0. The third-order valence-electron chi connectivity index (χ3n) is 3.69. The minimum Gasteiger partial charge on any atom is -0.187 e. The van der Waals surface area contributed by atoms with Crippen LogP contribution >= 0.6 is 27.7 Å². The van der Waals surface area contributed by atoms with E-state index in [2.05, 4.69) is 61.8 Å². The molecule has 0 saturated carbocycles. The van der Waals surface area contributed by atoms with E-state index in [1.807, 2.05) is 41.1 Å². The zero-order chi connectivity index (χ0) is 16.4. The molecule has 4 aromatic rings. The monoisotopic (exact) mass is 396 g/mol. The second kappa shape index (κ2) is 6.75. The molecule has 0 radical (unpaired) electrons. The lowest BCUT2D eigenvalue weighted by Gasteiger charge is -2.08. The predicted molar refractivity (Wildman–Crippen MR) is 100 cm³/mol. The number of benzene rings is 3. The summed E-state index contributed by atoms with van der Waals surface area (Å²) in [5.41, 5.74) is 2.22. The first kappa shape index (κ1) is 15.4. The van der Waals surface area contributed by atoms with E-state index in [1.54, 1.807) is 11.8 Å². The van der Waals surface area contributed by atoms with E-state index in [4.69, 9.17) is 0 Å². The van der Waals surface area contributed by atoms with Crippen LogP contribution in [0.3, 0.4) is 0 Å². The average Bonchev–Trinajstić information content (AvgIpc) is 3.08. The van der Waals surface area contributed by atoms with Crippen molar-refractivity contribution < 1.29 is 0 Å². The summed E-state index contributed by atoms with van der Waals surface area (Å²) in [6.45, 7) is 0. The van der Waals surface area contributed by atoms with Crippen molar-refractivity contribution in [2.45, 2.75) is 10.9 Å². The SMILES string of the molecule is Brc1cccc(CSc2nnnn2-c2cccc3ccccc23)c1. The number of nitrogens with zero attached hydrogens (tertiary/aromatic N) is 4. The number of halogens is 1. The van der Waals surface area contributed by atoms with Gasteiger partial charge in [0.15, 0.2) is 0 Å². The first-order chi connectivity index (χ1) is 11.8. The maximum atomic E-state index is 4.19. The lowest BCUT2D eigenvalue weighted by atomic mass is 10.1. The van der Waals surface area contributed by atoms with Crippen LogP contribution in [0, 0.1) is 0 Å². The number of thioether (sulfide) groups is 1. The van der Waals surface area contributed by atoms with Crippen molar-refractivity contribution in [1.82, 2.24) is 20.2 Å². The summed E-state index contributed by atoms with van der Waals surface area (Å²) < 4.78 is 2.89. The maximum absolute atomic E-state index is 4.19. The molecular weight excluding hydrogens is 384 g/mol. The molecule has 118 valence electrons. The first-order valence-corrected chi connectivity index (χ1v) is 9.23. The molecule has 0 aliphatic rings. The van der Waals surface area contributed by atoms with E-state index in [0.717, 1.165) is 26.5 Å². The van der Waals surface area contributed by atoms with Gasteiger partial charge in [0.25, 0.3) is 0 Å². The highest BCUT2D eigenvalue weighted by molar-refractivity contribution is 9.10. The topological polar surface area (TPSA) is 43.6 Å². The van der Waals surface area contributed by atoms with Crippen molar-refractivity contribution in [1.29, 1.82) is 0 Å². The minimum absolute atomic E-state index is 0.784. The molecule has 0 bridgehead atoms.